The molecule has 0 saturated heterocycles. The number of benzene rings is 2. The zero-order valence-electron chi connectivity index (χ0n) is 24.0. The Morgan fingerprint density at radius 1 is 1.05 bits per heavy atom. The summed E-state index contributed by atoms with van der Waals surface area (Å²) >= 11 is 0. The Balaban J connectivity index is 1.33. The van der Waals surface area contributed by atoms with Crippen molar-refractivity contribution in [3.63, 3.8) is 0 Å². The molecule has 4 N–H and O–H groups in total. The zero-order valence-corrected chi connectivity index (χ0v) is 24.0. The summed E-state index contributed by atoms with van der Waals surface area (Å²) < 4.78 is 15.4. The fourth-order valence-corrected chi connectivity index (χ4v) is 6.64. The maximum absolute atomic E-state index is 15.4. The molecule has 0 bridgehead atoms. The number of rotatable bonds is 7. The molecular formula is C33H39FN4O3. The van der Waals surface area contributed by atoms with E-state index in [4.69, 9.17) is 5.73 Å². The van der Waals surface area contributed by atoms with Crippen LogP contribution in [0.5, 0.6) is 0 Å². The first-order valence-electron chi connectivity index (χ1n) is 14.3. The highest BCUT2D eigenvalue weighted by atomic mass is 19.1. The maximum atomic E-state index is 15.4. The van der Waals surface area contributed by atoms with Gasteiger partial charge in [0.2, 0.25) is 11.8 Å². The summed E-state index contributed by atoms with van der Waals surface area (Å²) in [5.41, 5.74) is 8.17. The van der Waals surface area contributed by atoms with Crippen molar-refractivity contribution in [3.8, 4) is 22.3 Å². The van der Waals surface area contributed by atoms with Crippen molar-refractivity contribution in [2.45, 2.75) is 76.0 Å². The van der Waals surface area contributed by atoms with E-state index in [9.17, 15) is 14.7 Å². The second kappa shape index (κ2) is 11.3. The number of aliphatic hydroxyl groups is 1. The van der Waals surface area contributed by atoms with Crippen LogP contribution >= 0.6 is 0 Å². The van der Waals surface area contributed by atoms with Gasteiger partial charge in [-0.1, -0.05) is 42.5 Å². The molecule has 3 aromatic rings. The van der Waals surface area contributed by atoms with Crippen LogP contribution in [0.25, 0.3) is 22.3 Å². The molecule has 41 heavy (non-hydrogen) atoms. The third-order valence-corrected chi connectivity index (χ3v) is 8.80. The number of nitrogens with two attached hydrogens (primary N) is 1. The first kappa shape index (κ1) is 28.9. The van der Waals surface area contributed by atoms with E-state index >= 15 is 4.39 Å². The molecule has 7 nitrogen and oxygen atoms in total. The van der Waals surface area contributed by atoms with E-state index in [2.05, 4.69) is 10.3 Å². The Morgan fingerprint density at radius 2 is 1.73 bits per heavy atom. The Bertz CT molecular complexity index is 1430. The van der Waals surface area contributed by atoms with Crippen LogP contribution in [0.2, 0.25) is 0 Å². The summed E-state index contributed by atoms with van der Waals surface area (Å²) in [5, 5.41) is 13.1. The number of aromatic nitrogens is 1. The highest BCUT2D eigenvalue weighted by Crippen LogP contribution is 2.47. The van der Waals surface area contributed by atoms with Crippen molar-refractivity contribution in [3.05, 3.63) is 72.2 Å². The van der Waals surface area contributed by atoms with Crippen LogP contribution in [0, 0.1) is 11.7 Å². The van der Waals surface area contributed by atoms with Gasteiger partial charge in [0.15, 0.2) is 0 Å². The Labute approximate surface area is 241 Å². The number of amides is 2. The van der Waals surface area contributed by atoms with Gasteiger partial charge in [-0.2, -0.15) is 0 Å². The minimum absolute atomic E-state index is 0.0736. The molecule has 8 heteroatoms. The van der Waals surface area contributed by atoms with Gasteiger partial charge < -0.3 is 21.1 Å². The molecular weight excluding hydrogens is 519 g/mol. The lowest BCUT2D eigenvalue weighted by Crippen LogP contribution is -2.58. The van der Waals surface area contributed by atoms with Crippen molar-refractivity contribution >= 4 is 17.6 Å². The summed E-state index contributed by atoms with van der Waals surface area (Å²) in [4.78, 5) is 31.0. The lowest BCUT2D eigenvalue weighted by Gasteiger charge is -2.49. The van der Waals surface area contributed by atoms with Crippen LogP contribution in [0.3, 0.4) is 0 Å². The monoisotopic (exact) mass is 558 g/mol. The number of nitrogens with one attached hydrogen (secondary N) is 1. The van der Waals surface area contributed by atoms with Crippen molar-refractivity contribution in [2.24, 2.45) is 11.7 Å². The van der Waals surface area contributed by atoms with Gasteiger partial charge in [-0.15, -0.1) is 0 Å². The van der Waals surface area contributed by atoms with E-state index in [1.54, 1.807) is 31.0 Å². The highest BCUT2D eigenvalue weighted by Gasteiger charge is 2.50. The van der Waals surface area contributed by atoms with E-state index in [-0.39, 0.29) is 23.8 Å². The van der Waals surface area contributed by atoms with Crippen LogP contribution in [0.15, 0.2) is 60.8 Å². The molecule has 2 aliphatic carbocycles. The minimum atomic E-state index is -0.886. The molecule has 1 heterocycles. The van der Waals surface area contributed by atoms with Crippen molar-refractivity contribution in [1.82, 2.24) is 9.88 Å². The van der Waals surface area contributed by atoms with Crippen LogP contribution in [-0.2, 0) is 15.1 Å². The van der Waals surface area contributed by atoms with Gasteiger partial charge >= 0.3 is 0 Å². The Hall–Kier alpha value is -3.62. The first-order chi connectivity index (χ1) is 19.4. The molecule has 2 amide bonds. The van der Waals surface area contributed by atoms with E-state index in [1.165, 1.54) is 6.07 Å². The molecule has 0 aliphatic heterocycles. The van der Waals surface area contributed by atoms with E-state index in [0.717, 1.165) is 42.4 Å². The topological polar surface area (TPSA) is 109 Å². The molecule has 0 atom stereocenters. The van der Waals surface area contributed by atoms with E-state index < -0.39 is 17.0 Å². The normalized spacial score (nSPS) is 25.7. The number of nitrogens with zero attached hydrogens (tertiary/aromatic N) is 2. The second-order valence-electron chi connectivity index (χ2n) is 12.2. The predicted octanol–water partition coefficient (Wildman–Crippen LogP) is 5.62. The fraction of sp³-hybridized carbons (Fsp3) is 0.424. The van der Waals surface area contributed by atoms with Crippen molar-refractivity contribution in [2.75, 3.05) is 12.4 Å². The smallest absolute Gasteiger partial charge is 0.225 e. The number of carbonyl (C=O) groups is 2. The fourth-order valence-electron chi connectivity index (χ4n) is 6.64. The molecule has 0 unspecified atom stereocenters. The SMILES string of the molecule is CC(=O)N(C)C1CCC(CC(=O)Nc2cc(-c3ccccc3)c(-c3ccc([C@]4(N)C[C@](C)(O)C4)c(F)c3)cn2)CC1. The number of pyridine rings is 1. The van der Waals surface area contributed by atoms with Gasteiger partial charge in [0.05, 0.1) is 5.60 Å². The number of hydrogen-bond donors (Lipinski definition) is 3. The summed E-state index contributed by atoms with van der Waals surface area (Å²) in [6.45, 7) is 3.30. The van der Waals surface area contributed by atoms with Gasteiger partial charge in [-0.3, -0.25) is 9.59 Å². The summed E-state index contributed by atoms with van der Waals surface area (Å²) in [6.07, 6.45) is 6.29. The van der Waals surface area contributed by atoms with Gasteiger partial charge in [0.25, 0.3) is 0 Å². The molecule has 0 spiro atoms. The summed E-state index contributed by atoms with van der Waals surface area (Å²) in [5.74, 6) is 0.279. The van der Waals surface area contributed by atoms with E-state index in [0.29, 0.717) is 36.2 Å². The third-order valence-electron chi connectivity index (χ3n) is 8.80. The molecule has 2 fully saturated rings. The third kappa shape index (κ3) is 6.34. The number of halogens is 1. The van der Waals surface area contributed by atoms with E-state index in [1.807, 2.05) is 49.5 Å². The average Bonchev–Trinajstić information content (AvgIpc) is 2.92. The molecule has 216 valence electrons. The summed E-state index contributed by atoms with van der Waals surface area (Å²) in [6, 6.07) is 16.8. The number of anilines is 1. The van der Waals surface area contributed by atoms with Crippen molar-refractivity contribution in [1.29, 1.82) is 0 Å². The predicted molar refractivity (Wildman–Crippen MR) is 158 cm³/mol. The van der Waals surface area contributed by atoms with Crippen LogP contribution in [0.1, 0.15) is 64.4 Å². The van der Waals surface area contributed by atoms with Crippen LogP contribution in [0.4, 0.5) is 10.2 Å². The lowest BCUT2D eigenvalue weighted by molar-refractivity contribution is -0.130. The zero-order chi connectivity index (χ0) is 29.4. The Kier molecular flexibility index (Phi) is 7.99. The number of carbonyl (C=O) groups excluding carboxylic acids is 2. The Morgan fingerprint density at radius 3 is 2.34 bits per heavy atom. The average molecular weight is 559 g/mol. The van der Waals surface area contributed by atoms with Crippen LogP contribution < -0.4 is 11.1 Å². The number of hydrogen-bond acceptors (Lipinski definition) is 5. The molecule has 0 radical (unpaired) electrons. The lowest BCUT2D eigenvalue weighted by atomic mass is 9.63. The maximum Gasteiger partial charge on any atom is 0.225 e. The van der Waals surface area contributed by atoms with Gasteiger partial charge in [-0.05, 0) is 80.2 Å². The minimum Gasteiger partial charge on any atom is -0.390 e. The highest BCUT2D eigenvalue weighted by molar-refractivity contribution is 5.92. The second-order valence-corrected chi connectivity index (χ2v) is 12.2. The molecule has 5 rings (SSSR count). The standard InChI is InChI=1S/C33H39FN4O3/c1-21(39)38(3)25-12-9-22(10-13-25)15-31(40)37-30-17-26(23-7-5-4-6-8-23)27(18-36-30)24-11-14-28(29(34)16-24)33(35)19-32(2,41)20-33/h4-8,11,14,16-18,22,25,41H,9-10,12-13,15,19-20,35H2,1-3H3,(H,36,37,40)/t22?,25?,32-,33-. The quantitative estimate of drug-likeness (QED) is 0.349. The molecule has 2 aliphatic rings. The van der Waals surface area contributed by atoms with Crippen LogP contribution in [-0.4, -0.2) is 45.5 Å². The van der Waals surface area contributed by atoms with Gasteiger partial charge in [0, 0.05) is 49.3 Å². The van der Waals surface area contributed by atoms with Gasteiger partial charge in [0.1, 0.15) is 11.6 Å². The molecule has 2 saturated carbocycles. The molecule has 2 aromatic carbocycles. The largest absolute Gasteiger partial charge is 0.390 e. The molecule has 1 aromatic heterocycles. The summed E-state index contributed by atoms with van der Waals surface area (Å²) in [7, 11) is 1.84. The van der Waals surface area contributed by atoms with Crippen molar-refractivity contribution < 1.29 is 19.1 Å². The first-order valence-corrected chi connectivity index (χ1v) is 14.3. The van der Waals surface area contributed by atoms with Gasteiger partial charge in [-0.25, -0.2) is 9.37 Å².